The van der Waals surface area contributed by atoms with E-state index in [-0.39, 0.29) is 17.7 Å². The Bertz CT molecular complexity index is 1480. The SMILES string of the molecule is CCC(OC(=O)c1c(-c2ccc(C)cc2)c2ccccc2c(=O)n1C)C(=O)Nc1ccccc1Br. The number of pyridine rings is 1. The van der Waals surface area contributed by atoms with Crippen LogP contribution in [-0.4, -0.2) is 22.5 Å². The van der Waals surface area contributed by atoms with Crippen molar-refractivity contribution in [2.45, 2.75) is 26.4 Å². The van der Waals surface area contributed by atoms with Crippen LogP contribution in [0.3, 0.4) is 0 Å². The van der Waals surface area contributed by atoms with Crippen molar-refractivity contribution in [3.05, 3.63) is 98.9 Å². The summed E-state index contributed by atoms with van der Waals surface area (Å²) in [4.78, 5) is 39.6. The maximum atomic E-state index is 13.5. The van der Waals surface area contributed by atoms with Gasteiger partial charge in [0.1, 0.15) is 5.69 Å². The minimum atomic E-state index is -1.04. The van der Waals surface area contributed by atoms with Crippen LogP contribution in [0.2, 0.25) is 0 Å². The first-order valence-corrected chi connectivity index (χ1v) is 12.1. The van der Waals surface area contributed by atoms with Crippen molar-refractivity contribution in [2.75, 3.05) is 5.32 Å². The molecule has 4 aromatic rings. The lowest BCUT2D eigenvalue weighted by molar-refractivity contribution is -0.124. The summed E-state index contributed by atoms with van der Waals surface area (Å²) in [6.07, 6.45) is -0.772. The zero-order valence-electron chi connectivity index (χ0n) is 19.7. The van der Waals surface area contributed by atoms with Gasteiger partial charge in [0.05, 0.1) is 5.69 Å². The molecule has 1 atom stereocenters. The summed E-state index contributed by atoms with van der Waals surface area (Å²) in [5, 5.41) is 3.95. The molecule has 1 heterocycles. The molecule has 4 rings (SSSR count). The molecule has 1 amide bonds. The van der Waals surface area contributed by atoms with E-state index in [1.54, 1.807) is 44.3 Å². The number of fused-ring (bicyclic) bond motifs is 1. The summed E-state index contributed by atoms with van der Waals surface area (Å²) >= 11 is 3.40. The number of halogens is 1. The molecule has 1 N–H and O–H groups in total. The van der Waals surface area contributed by atoms with E-state index in [1.165, 1.54) is 4.57 Å². The van der Waals surface area contributed by atoms with E-state index in [0.717, 1.165) is 11.1 Å². The van der Waals surface area contributed by atoms with Crippen LogP contribution in [0.15, 0.2) is 82.1 Å². The number of amides is 1. The van der Waals surface area contributed by atoms with Crippen molar-refractivity contribution in [2.24, 2.45) is 7.05 Å². The Kier molecular flexibility index (Phi) is 7.17. The van der Waals surface area contributed by atoms with Gasteiger partial charge < -0.3 is 14.6 Å². The highest BCUT2D eigenvalue weighted by Gasteiger charge is 2.28. The van der Waals surface area contributed by atoms with Gasteiger partial charge in [-0.1, -0.05) is 67.1 Å². The minimum absolute atomic E-state index is 0.102. The summed E-state index contributed by atoms with van der Waals surface area (Å²) in [5.74, 6) is -1.18. The number of aromatic nitrogens is 1. The fourth-order valence-electron chi connectivity index (χ4n) is 4.00. The van der Waals surface area contributed by atoms with Crippen molar-refractivity contribution in [3.63, 3.8) is 0 Å². The van der Waals surface area contributed by atoms with Gasteiger partial charge in [-0.25, -0.2) is 4.79 Å². The zero-order valence-corrected chi connectivity index (χ0v) is 21.3. The Hall–Kier alpha value is -3.71. The zero-order chi connectivity index (χ0) is 25.1. The van der Waals surface area contributed by atoms with Gasteiger partial charge in [-0.15, -0.1) is 0 Å². The van der Waals surface area contributed by atoms with Crippen molar-refractivity contribution in [1.29, 1.82) is 0 Å². The lowest BCUT2D eigenvalue weighted by Crippen LogP contribution is -2.34. The van der Waals surface area contributed by atoms with Crippen LogP contribution in [-0.2, 0) is 16.6 Å². The second-order valence-electron chi connectivity index (χ2n) is 8.27. The van der Waals surface area contributed by atoms with Gasteiger partial charge in [0.2, 0.25) is 0 Å². The van der Waals surface area contributed by atoms with Crippen LogP contribution in [0, 0.1) is 6.92 Å². The van der Waals surface area contributed by atoms with Crippen LogP contribution >= 0.6 is 15.9 Å². The second-order valence-corrected chi connectivity index (χ2v) is 9.13. The molecule has 0 spiro atoms. The third kappa shape index (κ3) is 4.91. The number of carbonyl (C=O) groups excluding carboxylic acids is 2. The van der Waals surface area contributed by atoms with Gasteiger partial charge in [0.25, 0.3) is 11.5 Å². The number of benzene rings is 3. The van der Waals surface area contributed by atoms with Crippen LogP contribution in [0.1, 0.15) is 29.4 Å². The number of carbonyl (C=O) groups is 2. The van der Waals surface area contributed by atoms with E-state index in [2.05, 4.69) is 21.2 Å². The molecule has 0 aliphatic carbocycles. The van der Waals surface area contributed by atoms with Crippen LogP contribution in [0.5, 0.6) is 0 Å². The van der Waals surface area contributed by atoms with Crippen LogP contribution < -0.4 is 10.9 Å². The molecule has 0 saturated heterocycles. The maximum absolute atomic E-state index is 13.5. The fraction of sp³-hybridized carbons (Fsp3) is 0.179. The Labute approximate surface area is 211 Å². The van der Waals surface area contributed by atoms with Crippen molar-refractivity contribution >= 4 is 44.3 Å². The molecule has 1 unspecified atom stereocenters. The topological polar surface area (TPSA) is 77.4 Å². The summed E-state index contributed by atoms with van der Waals surface area (Å²) < 4.78 is 7.72. The Morgan fingerprint density at radius 1 is 0.971 bits per heavy atom. The number of nitrogens with zero attached hydrogens (tertiary/aromatic N) is 1. The number of ether oxygens (including phenoxy) is 1. The molecule has 0 radical (unpaired) electrons. The van der Waals surface area contributed by atoms with Crippen molar-refractivity contribution in [3.8, 4) is 11.1 Å². The number of aryl methyl sites for hydroxylation is 1. The van der Waals surface area contributed by atoms with Gasteiger partial charge in [-0.3, -0.25) is 9.59 Å². The number of para-hydroxylation sites is 1. The summed E-state index contributed by atoms with van der Waals surface area (Å²) in [6, 6.07) is 22.1. The first-order valence-electron chi connectivity index (χ1n) is 11.3. The van der Waals surface area contributed by atoms with E-state index in [4.69, 9.17) is 4.74 Å². The van der Waals surface area contributed by atoms with Gasteiger partial charge in [0, 0.05) is 22.5 Å². The predicted octanol–water partition coefficient (Wildman–Crippen LogP) is 5.85. The van der Waals surface area contributed by atoms with E-state index >= 15 is 0 Å². The van der Waals surface area contributed by atoms with Gasteiger partial charge in [-0.2, -0.15) is 0 Å². The smallest absolute Gasteiger partial charge is 0.356 e. The summed E-state index contributed by atoms with van der Waals surface area (Å²) in [5.41, 5.74) is 2.81. The molecule has 178 valence electrons. The molecule has 3 aromatic carbocycles. The normalized spacial score (nSPS) is 11.8. The number of nitrogens with one attached hydrogen (secondary N) is 1. The average molecular weight is 533 g/mol. The van der Waals surface area contributed by atoms with Crippen molar-refractivity contribution in [1.82, 2.24) is 4.57 Å². The van der Waals surface area contributed by atoms with Gasteiger partial charge in [-0.05, 0) is 58.4 Å². The largest absolute Gasteiger partial charge is 0.448 e. The quantitative estimate of drug-likeness (QED) is 0.316. The molecule has 6 nitrogen and oxygen atoms in total. The highest BCUT2D eigenvalue weighted by Crippen LogP contribution is 2.31. The number of hydrogen-bond donors (Lipinski definition) is 1. The van der Waals surface area contributed by atoms with Crippen molar-refractivity contribution < 1.29 is 14.3 Å². The lowest BCUT2D eigenvalue weighted by Gasteiger charge is -2.20. The predicted molar refractivity (Wildman–Crippen MR) is 142 cm³/mol. The number of rotatable bonds is 6. The summed E-state index contributed by atoms with van der Waals surface area (Å²) in [6.45, 7) is 3.74. The number of anilines is 1. The van der Waals surface area contributed by atoms with E-state index in [9.17, 15) is 14.4 Å². The molecular weight excluding hydrogens is 508 g/mol. The molecule has 0 bridgehead atoms. The highest BCUT2D eigenvalue weighted by atomic mass is 79.9. The molecule has 0 aliphatic rings. The molecule has 0 fully saturated rings. The molecule has 0 saturated carbocycles. The van der Waals surface area contributed by atoms with Gasteiger partial charge >= 0.3 is 5.97 Å². The Morgan fingerprint density at radius 3 is 2.26 bits per heavy atom. The van der Waals surface area contributed by atoms with Crippen LogP contribution in [0.25, 0.3) is 21.9 Å². The molecule has 0 aliphatic heterocycles. The highest BCUT2D eigenvalue weighted by molar-refractivity contribution is 9.10. The third-order valence-corrected chi connectivity index (χ3v) is 6.57. The first-order chi connectivity index (χ1) is 16.8. The molecule has 35 heavy (non-hydrogen) atoms. The van der Waals surface area contributed by atoms with E-state index in [1.807, 2.05) is 49.4 Å². The second kappa shape index (κ2) is 10.3. The maximum Gasteiger partial charge on any atom is 0.356 e. The monoisotopic (exact) mass is 532 g/mol. The van der Waals surface area contributed by atoms with Gasteiger partial charge in [0.15, 0.2) is 6.10 Å². The fourth-order valence-corrected chi connectivity index (χ4v) is 4.38. The van der Waals surface area contributed by atoms with Crippen LogP contribution in [0.4, 0.5) is 5.69 Å². The summed E-state index contributed by atoms with van der Waals surface area (Å²) in [7, 11) is 1.55. The molecule has 1 aromatic heterocycles. The number of esters is 1. The average Bonchev–Trinajstić information content (AvgIpc) is 2.86. The van der Waals surface area contributed by atoms with E-state index in [0.29, 0.717) is 26.5 Å². The molecular formula is C28H25BrN2O4. The first kappa shape index (κ1) is 24.4. The molecule has 7 heteroatoms. The third-order valence-electron chi connectivity index (χ3n) is 5.88. The minimum Gasteiger partial charge on any atom is -0.448 e. The lowest BCUT2D eigenvalue weighted by atomic mass is 9.96. The Morgan fingerprint density at radius 2 is 1.60 bits per heavy atom. The Balaban J connectivity index is 1.77. The van der Waals surface area contributed by atoms with E-state index < -0.39 is 18.0 Å². The standard InChI is InChI=1S/C28H25BrN2O4/c1-4-23(26(32)30-22-12-8-7-11-21(22)29)35-28(34)25-24(18-15-13-17(2)14-16-18)19-9-5-6-10-20(19)27(33)31(25)3/h5-16,23H,4H2,1-3H3,(H,30,32). The number of hydrogen-bond acceptors (Lipinski definition) is 4.